The number of hydrogen-bond acceptors (Lipinski definition) is 3. The van der Waals surface area contributed by atoms with Crippen molar-refractivity contribution in [3.05, 3.63) is 28.7 Å². The van der Waals surface area contributed by atoms with E-state index in [-0.39, 0.29) is 5.91 Å². The summed E-state index contributed by atoms with van der Waals surface area (Å²) in [6.07, 6.45) is 4.96. The van der Waals surface area contributed by atoms with Crippen LogP contribution in [-0.2, 0) is 11.3 Å². The van der Waals surface area contributed by atoms with Crippen LogP contribution in [0.5, 0.6) is 0 Å². The first-order valence-corrected chi connectivity index (χ1v) is 4.49. The van der Waals surface area contributed by atoms with Crippen molar-refractivity contribution in [2.75, 3.05) is 0 Å². The van der Waals surface area contributed by atoms with Crippen molar-refractivity contribution in [2.45, 2.75) is 13.5 Å². The molecule has 0 radical (unpaired) electrons. The van der Waals surface area contributed by atoms with E-state index in [9.17, 15) is 4.79 Å². The molecule has 64 valence electrons. The number of rotatable bonds is 3. The molecule has 3 nitrogen and oxygen atoms in total. The van der Waals surface area contributed by atoms with E-state index in [4.69, 9.17) is 0 Å². The van der Waals surface area contributed by atoms with Crippen LogP contribution in [0, 0.1) is 0 Å². The molecule has 4 heteroatoms. The highest BCUT2D eigenvalue weighted by Crippen LogP contribution is 2.03. The van der Waals surface area contributed by atoms with Gasteiger partial charge in [-0.05, 0) is 13.0 Å². The molecule has 1 heterocycles. The number of amides is 1. The predicted molar refractivity (Wildman–Crippen MR) is 48.8 cm³/mol. The van der Waals surface area contributed by atoms with Crippen LogP contribution < -0.4 is 5.32 Å². The van der Waals surface area contributed by atoms with Gasteiger partial charge >= 0.3 is 0 Å². The predicted octanol–water partition coefficient (Wildman–Crippen LogP) is 1.34. The lowest BCUT2D eigenvalue weighted by molar-refractivity contribution is -0.116. The maximum Gasteiger partial charge on any atom is 0.243 e. The number of carbonyl (C=O) groups is 1. The summed E-state index contributed by atoms with van der Waals surface area (Å²) in [5.41, 5.74) is 1.75. The van der Waals surface area contributed by atoms with Crippen LogP contribution >= 0.6 is 11.3 Å². The molecular weight excluding hydrogens is 172 g/mol. The second kappa shape index (κ2) is 4.66. The smallest absolute Gasteiger partial charge is 0.243 e. The summed E-state index contributed by atoms with van der Waals surface area (Å²) in [6.45, 7) is 2.38. The van der Waals surface area contributed by atoms with Crippen LogP contribution in [0.15, 0.2) is 23.9 Å². The maximum atomic E-state index is 10.9. The summed E-state index contributed by atoms with van der Waals surface area (Å²) in [4.78, 5) is 15.9. The molecule has 1 aromatic heterocycles. The van der Waals surface area contributed by atoms with Crippen molar-refractivity contribution in [3.63, 3.8) is 0 Å². The van der Waals surface area contributed by atoms with Gasteiger partial charge in [-0.2, -0.15) is 0 Å². The third-order valence-corrected chi connectivity index (χ3v) is 2.02. The topological polar surface area (TPSA) is 42.0 Å². The summed E-state index contributed by atoms with van der Waals surface area (Å²) >= 11 is 1.53. The van der Waals surface area contributed by atoms with Gasteiger partial charge in [-0.15, -0.1) is 11.3 Å². The molecule has 0 aliphatic heterocycles. The molecule has 12 heavy (non-hydrogen) atoms. The van der Waals surface area contributed by atoms with Gasteiger partial charge in [-0.3, -0.25) is 9.78 Å². The zero-order valence-electron chi connectivity index (χ0n) is 6.78. The first-order chi connectivity index (χ1) is 5.83. The number of thiazole rings is 1. The number of allylic oxidation sites excluding steroid dienone is 1. The van der Waals surface area contributed by atoms with E-state index in [1.165, 1.54) is 17.4 Å². The molecule has 0 bridgehead atoms. The molecule has 0 aromatic carbocycles. The lowest BCUT2D eigenvalue weighted by atomic mass is 10.4. The second-order valence-electron chi connectivity index (χ2n) is 2.19. The van der Waals surface area contributed by atoms with Crippen LogP contribution in [0.4, 0.5) is 0 Å². The molecule has 0 aliphatic rings. The molecule has 0 saturated carbocycles. The first kappa shape index (κ1) is 8.93. The summed E-state index contributed by atoms with van der Waals surface area (Å²) in [7, 11) is 0. The molecule has 0 fully saturated rings. The van der Waals surface area contributed by atoms with Crippen LogP contribution in [0.1, 0.15) is 11.8 Å². The molecule has 1 amide bonds. The number of carbonyl (C=O) groups excluding carboxylic acids is 1. The highest BCUT2D eigenvalue weighted by atomic mass is 32.1. The van der Waals surface area contributed by atoms with Gasteiger partial charge in [-0.1, -0.05) is 6.08 Å². The standard InChI is InChI=1S/C8H10N2OS/c1-2-3-8(11)10-5-7-4-9-6-12-7/h2-4,6H,5H2,1H3,(H,10,11)/b3-2+. The summed E-state index contributed by atoms with van der Waals surface area (Å²) in [5, 5.41) is 2.73. The Labute approximate surface area is 75.1 Å². The van der Waals surface area contributed by atoms with E-state index in [0.29, 0.717) is 6.54 Å². The lowest BCUT2D eigenvalue weighted by Gasteiger charge is -1.96. The summed E-state index contributed by atoms with van der Waals surface area (Å²) in [5.74, 6) is -0.0640. The lowest BCUT2D eigenvalue weighted by Crippen LogP contribution is -2.19. The zero-order chi connectivity index (χ0) is 8.81. The van der Waals surface area contributed by atoms with Crippen molar-refractivity contribution < 1.29 is 4.79 Å². The minimum Gasteiger partial charge on any atom is -0.348 e. The monoisotopic (exact) mass is 182 g/mol. The molecule has 0 aliphatic carbocycles. The molecule has 1 aromatic rings. The Bertz CT molecular complexity index is 267. The zero-order valence-corrected chi connectivity index (χ0v) is 7.60. The van der Waals surface area contributed by atoms with Crippen molar-refractivity contribution in [3.8, 4) is 0 Å². The minimum atomic E-state index is -0.0640. The Balaban J connectivity index is 2.31. The van der Waals surface area contributed by atoms with E-state index in [0.717, 1.165) is 4.88 Å². The average Bonchev–Trinajstić information content (AvgIpc) is 2.53. The van der Waals surface area contributed by atoms with Crippen molar-refractivity contribution in [1.82, 2.24) is 10.3 Å². The fraction of sp³-hybridized carbons (Fsp3) is 0.250. The number of nitrogens with zero attached hydrogens (tertiary/aromatic N) is 1. The third-order valence-electron chi connectivity index (χ3n) is 1.24. The Morgan fingerprint density at radius 1 is 1.83 bits per heavy atom. The Hall–Kier alpha value is -1.16. The van der Waals surface area contributed by atoms with E-state index in [1.54, 1.807) is 17.8 Å². The number of hydrogen-bond donors (Lipinski definition) is 1. The fourth-order valence-corrected chi connectivity index (χ4v) is 1.25. The van der Waals surface area contributed by atoms with Gasteiger partial charge < -0.3 is 5.32 Å². The SMILES string of the molecule is C/C=C/C(=O)NCc1cncs1. The van der Waals surface area contributed by atoms with Crippen LogP contribution in [0.2, 0.25) is 0 Å². The van der Waals surface area contributed by atoms with Crippen LogP contribution in [0.3, 0.4) is 0 Å². The quantitative estimate of drug-likeness (QED) is 0.717. The Morgan fingerprint density at radius 2 is 2.67 bits per heavy atom. The number of aromatic nitrogens is 1. The van der Waals surface area contributed by atoms with E-state index in [1.807, 2.05) is 6.92 Å². The molecule has 0 atom stereocenters. The van der Waals surface area contributed by atoms with Gasteiger partial charge in [0.2, 0.25) is 5.91 Å². The fourth-order valence-electron chi connectivity index (χ4n) is 0.714. The second-order valence-corrected chi connectivity index (χ2v) is 3.16. The highest BCUT2D eigenvalue weighted by molar-refractivity contribution is 7.09. The number of nitrogens with one attached hydrogen (secondary N) is 1. The highest BCUT2D eigenvalue weighted by Gasteiger charge is 1.96. The molecular formula is C8H10N2OS. The van der Waals surface area contributed by atoms with Gasteiger partial charge in [-0.25, -0.2) is 0 Å². The van der Waals surface area contributed by atoms with Gasteiger partial charge in [0.15, 0.2) is 0 Å². The van der Waals surface area contributed by atoms with E-state index in [2.05, 4.69) is 10.3 Å². The molecule has 0 unspecified atom stereocenters. The third kappa shape index (κ3) is 2.84. The Morgan fingerprint density at radius 3 is 3.25 bits per heavy atom. The minimum absolute atomic E-state index is 0.0640. The normalized spacial score (nSPS) is 10.4. The first-order valence-electron chi connectivity index (χ1n) is 3.61. The molecule has 1 N–H and O–H groups in total. The van der Waals surface area contributed by atoms with Crippen molar-refractivity contribution in [1.29, 1.82) is 0 Å². The van der Waals surface area contributed by atoms with Gasteiger partial charge in [0.1, 0.15) is 0 Å². The van der Waals surface area contributed by atoms with Crippen molar-refractivity contribution in [2.24, 2.45) is 0 Å². The van der Waals surface area contributed by atoms with Gasteiger partial charge in [0, 0.05) is 11.1 Å². The Kier molecular flexibility index (Phi) is 3.47. The molecule has 0 spiro atoms. The maximum absolute atomic E-state index is 10.9. The molecule has 0 saturated heterocycles. The van der Waals surface area contributed by atoms with Crippen LogP contribution in [-0.4, -0.2) is 10.9 Å². The summed E-state index contributed by atoms with van der Waals surface area (Å²) in [6, 6.07) is 0. The average molecular weight is 182 g/mol. The van der Waals surface area contributed by atoms with E-state index >= 15 is 0 Å². The summed E-state index contributed by atoms with van der Waals surface area (Å²) < 4.78 is 0. The largest absolute Gasteiger partial charge is 0.348 e. The van der Waals surface area contributed by atoms with Crippen molar-refractivity contribution >= 4 is 17.2 Å². The molecule has 1 rings (SSSR count). The van der Waals surface area contributed by atoms with Gasteiger partial charge in [0.25, 0.3) is 0 Å². The van der Waals surface area contributed by atoms with Crippen LogP contribution in [0.25, 0.3) is 0 Å². The van der Waals surface area contributed by atoms with E-state index < -0.39 is 0 Å². The van der Waals surface area contributed by atoms with Gasteiger partial charge in [0.05, 0.1) is 12.1 Å².